The summed E-state index contributed by atoms with van der Waals surface area (Å²) in [4.78, 5) is 28.9. The third-order valence-electron chi connectivity index (χ3n) is 4.18. The largest absolute Gasteiger partial charge is 0.480 e. The molecule has 0 aromatic carbocycles. The molecule has 6 nitrogen and oxygen atoms in total. The van der Waals surface area contributed by atoms with Gasteiger partial charge in [-0.25, -0.2) is 4.79 Å². The van der Waals surface area contributed by atoms with E-state index in [1.807, 2.05) is 27.9 Å². The predicted molar refractivity (Wildman–Crippen MR) is 77.7 cm³/mol. The first-order chi connectivity index (χ1) is 9.27. The third-order valence-corrected chi connectivity index (χ3v) is 4.18. The van der Waals surface area contributed by atoms with Gasteiger partial charge in [0.2, 0.25) is 0 Å². The number of hydrogen-bond acceptors (Lipinski definition) is 3. The van der Waals surface area contributed by atoms with Crippen molar-refractivity contribution in [3.63, 3.8) is 0 Å². The molecule has 3 unspecified atom stereocenters. The van der Waals surface area contributed by atoms with Crippen LogP contribution >= 0.6 is 0 Å². The van der Waals surface area contributed by atoms with Gasteiger partial charge in [-0.2, -0.15) is 0 Å². The highest BCUT2D eigenvalue weighted by atomic mass is 16.4. The van der Waals surface area contributed by atoms with Gasteiger partial charge in [-0.1, -0.05) is 13.8 Å². The fraction of sp³-hybridized carbons (Fsp3) is 0.857. The Bertz CT molecular complexity index is 360. The minimum atomic E-state index is -0.963. The number of likely N-dealkylation sites (N-methyl/N-ethyl adjacent to an activating group) is 1. The lowest BCUT2D eigenvalue weighted by molar-refractivity contribution is -0.138. The summed E-state index contributed by atoms with van der Waals surface area (Å²) in [5.41, 5.74) is 0. The number of amides is 2. The fourth-order valence-electron chi connectivity index (χ4n) is 2.74. The normalized spacial score (nSPS) is 24.0. The summed E-state index contributed by atoms with van der Waals surface area (Å²) >= 11 is 0. The Morgan fingerprint density at radius 2 is 1.95 bits per heavy atom. The van der Waals surface area contributed by atoms with Gasteiger partial charge in [-0.05, 0) is 33.4 Å². The molecule has 3 atom stereocenters. The van der Waals surface area contributed by atoms with Gasteiger partial charge in [-0.3, -0.25) is 4.79 Å². The van der Waals surface area contributed by atoms with Crippen molar-refractivity contribution in [2.45, 2.75) is 39.3 Å². The van der Waals surface area contributed by atoms with Crippen molar-refractivity contribution in [3.05, 3.63) is 0 Å². The minimum absolute atomic E-state index is 0.0627. The second-order valence-electron chi connectivity index (χ2n) is 5.97. The number of carbonyl (C=O) groups is 2. The van der Waals surface area contributed by atoms with Crippen molar-refractivity contribution in [2.24, 2.45) is 5.92 Å². The number of rotatable bonds is 5. The molecule has 2 amide bonds. The number of hydrogen-bond donors (Lipinski definition) is 1. The molecule has 116 valence electrons. The first-order valence-electron chi connectivity index (χ1n) is 7.21. The molecule has 0 aromatic rings. The van der Waals surface area contributed by atoms with Crippen LogP contribution < -0.4 is 0 Å². The number of likely N-dealkylation sites (tertiary alicyclic amines) is 1. The Hall–Kier alpha value is -1.30. The maximum absolute atomic E-state index is 12.6. The Balaban J connectivity index is 2.78. The summed E-state index contributed by atoms with van der Waals surface area (Å²) in [5, 5.41) is 8.99. The van der Waals surface area contributed by atoms with Crippen molar-refractivity contribution < 1.29 is 14.7 Å². The number of nitrogens with zero attached hydrogens (tertiary/aromatic N) is 3. The standard InChI is InChI=1S/C14H27N3O3/c1-6-11(3)17(9-13(18)19)14(20)16-7-10(2)12(8-16)15(4)5/h10-12H,6-9H2,1-5H3,(H,18,19). The Morgan fingerprint density at radius 3 is 2.35 bits per heavy atom. The highest BCUT2D eigenvalue weighted by Crippen LogP contribution is 2.22. The summed E-state index contributed by atoms with van der Waals surface area (Å²) in [6.07, 6.45) is 0.750. The topological polar surface area (TPSA) is 64.1 Å². The molecule has 1 fully saturated rings. The van der Waals surface area contributed by atoms with Gasteiger partial charge in [0.05, 0.1) is 0 Å². The van der Waals surface area contributed by atoms with E-state index in [-0.39, 0.29) is 18.6 Å². The molecule has 6 heteroatoms. The van der Waals surface area contributed by atoms with E-state index in [4.69, 9.17) is 5.11 Å². The Morgan fingerprint density at radius 1 is 1.35 bits per heavy atom. The Labute approximate surface area is 121 Å². The van der Waals surface area contributed by atoms with Gasteiger partial charge >= 0.3 is 12.0 Å². The first kappa shape index (κ1) is 16.8. The maximum Gasteiger partial charge on any atom is 0.323 e. The first-order valence-corrected chi connectivity index (χ1v) is 7.21. The van der Waals surface area contributed by atoms with Gasteiger partial charge in [0.25, 0.3) is 0 Å². The van der Waals surface area contributed by atoms with Gasteiger partial charge in [-0.15, -0.1) is 0 Å². The summed E-state index contributed by atoms with van der Waals surface area (Å²) < 4.78 is 0. The zero-order valence-corrected chi connectivity index (χ0v) is 13.2. The number of urea groups is 1. The molecule has 0 aromatic heterocycles. The van der Waals surface area contributed by atoms with Crippen molar-refractivity contribution in [2.75, 3.05) is 33.7 Å². The summed E-state index contributed by atoms with van der Waals surface area (Å²) in [6, 6.07) is 0.118. The van der Waals surface area contributed by atoms with Crippen LogP contribution in [0.25, 0.3) is 0 Å². The molecular weight excluding hydrogens is 258 g/mol. The number of carboxylic acids is 1. The number of carbonyl (C=O) groups excluding carboxylic acids is 1. The zero-order chi connectivity index (χ0) is 15.4. The third kappa shape index (κ3) is 3.85. The van der Waals surface area contributed by atoms with Gasteiger partial charge in [0, 0.05) is 25.2 Å². The van der Waals surface area contributed by atoms with Crippen LogP contribution in [0.4, 0.5) is 4.79 Å². The van der Waals surface area contributed by atoms with Gasteiger partial charge in [0.15, 0.2) is 0 Å². The van der Waals surface area contributed by atoms with Crippen molar-refractivity contribution in [1.29, 1.82) is 0 Å². The molecule has 1 N–H and O–H groups in total. The van der Waals surface area contributed by atoms with E-state index in [0.717, 1.165) is 6.42 Å². The molecule has 0 saturated carbocycles. The van der Waals surface area contributed by atoms with Gasteiger partial charge < -0.3 is 19.8 Å². The molecule has 1 rings (SSSR count). The van der Waals surface area contributed by atoms with E-state index >= 15 is 0 Å². The zero-order valence-electron chi connectivity index (χ0n) is 13.2. The smallest absolute Gasteiger partial charge is 0.323 e. The van der Waals surface area contributed by atoms with Crippen LogP contribution in [0.2, 0.25) is 0 Å². The van der Waals surface area contributed by atoms with E-state index in [1.54, 1.807) is 4.90 Å². The van der Waals surface area contributed by atoms with Crippen LogP contribution in [0.15, 0.2) is 0 Å². The number of aliphatic carboxylic acids is 1. The van der Waals surface area contributed by atoms with E-state index in [1.165, 1.54) is 4.90 Å². The number of carboxylic acid groups (broad SMARTS) is 1. The quantitative estimate of drug-likeness (QED) is 0.823. The average molecular weight is 285 g/mol. The predicted octanol–water partition coefficient (Wildman–Crippen LogP) is 1.17. The van der Waals surface area contributed by atoms with Crippen molar-refractivity contribution in [3.8, 4) is 0 Å². The second-order valence-corrected chi connectivity index (χ2v) is 5.97. The monoisotopic (exact) mass is 285 g/mol. The molecule has 1 heterocycles. The fourth-order valence-corrected chi connectivity index (χ4v) is 2.74. The lowest BCUT2D eigenvalue weighted by atomic mass is 10.1. The van der Waals surface area contributed by atoms with Crippen LogP contribution in [0, 0.1) is 5.92 Å². The maximum atomic E-state index is 12.6. The van der Waals surface area contributed by atoms with E-state index < -0.39 is 5.97 Å². The minimum Gasteiger partial charge on any atom is -0.480 e. The second kappa shape index (κ2) is 6.92. The van der Waals surface area contributed by atoms with Crippen LogP contribution in [0.5, 0.6) is 0 Å². The molecule has 1 aliphatic heterocycles. The summed E-state index contributed by atoms with van der Waals surface area (Å²) in [6.45, 7) is 7.10. The van der Waals surface area contributed by atoms with Crippen LogP contribution in [0.1, 0.15) is 27.2 Å². The SMILES string of the molecule is CCC(C)N(CC(=O)O)C(=O)N1CC(C)C(N(C)C)C1. The molecular formula is C14H27N3O3. The van der Waals surface area contributed by atoms with Crippen molar-refractivity contribution >= 4 is 12.0 Å². The summed E-state index contributed by atoms with van der Waals surface area (Å²) in [5.74, 6) is -0.562. The lowest BCUT2D eigenvalue weighted by Crippen LogP contribution is -2.49. The highest BCUT2D eigenvalue weighted by Gasteiger charge is 2.36. The van der Waals surface area contributed by atoms with Crippen LogP contribution in [-0.2, 0) is 4.79 Å². The van der Waals surface area contributed by atoms with E-state index in [9.17, 15) is 9.59 Å². The highest BCUT2D eigenvalue weighted by molar-refractivity contribution is 5.80. The van der Waals surface area contributed by atoms with E-state index in [2.05, 4.69) is 11.8 Å². The molecule has 0 radical (unpaired) electrons. The summed E-state index contributed by atoms with van der Waals surface area (Å²) in [7, 11) is 4.03. The molecule has 1 aliphatic rings. The average Bonchev–Trinajstić information content (AvgIpc) is 2.76. The van der Waals surface area contributed by atoms with Crippen LogP contribution in [0.3, 0.4) is 0 Å². The lowest BCUT2D eigenvalue weighted by Gasteiger charge is -2.31. The molecule has 0 aliphatic carbocycles. The van der Waals surface area contributed by atoms with E-state index in [0.29, 0.717) is 25.0 Å². The molecule has 0 spiro atoms. The Kier molecular flexibility index (Phi) is 5.80. The van der Waals surface area contributed by atoms with Gasteiger partial charge in [0.1, 0.15) is 6.54 Å². The molecule has 0 bridgehead atoms. The van der Waals surface area contributed by atoms with Crippen LogP contribution in [-0.4, -0.2) is 77.6 Å². The van der Waals surface area contributed by atoms with Crippen molar-refractivity contribution in [1.82, 2.24) is 14.7 Å². The molecule has 1 saturated heterocycles. The molecule has 20 heavy (non-hydrogen) atoms.